The van der Waals surface area contributed by atoms with E-state index in [1.54, 1.807) is 27.2 Å². The van der Waals surface area contributed by atoms with E-state index in [0.29, 0.717) is 9.26 Å². The van der Waals surface area contributed by atoms with Gasteiger partial charge in [0.05, 0.1) is 22.6 Å². The van der Waals surface area contributed by atoms with Crippen LogP contribution in [0.4, 0.5) is 5.82 Å². The number of aryl methyl sites for hydroxylation is 2. The highest BCUT2D eigenvalue weighted by molar-refractivity contribution is 14.1. The van der Waals surface area contributed by atoms with E-state index >= 15 is 0 Å². The van der Waals surface area contributed by atoms with Crippen molar-refractivity contribution in [2.24, 2.45) is 14.1 Å². The first kappa shape index (κ1) is 15.5. The van der Waals surface area contributed by atoms with Gasteiger partial charge < -0.3 is 10.1 Å². The summed E-state index contributed by atoms with van der Waals surface area (Å²) in [6.07, 6.45) is 2.95. The summed E-state index contributed by atoms with van der Waals surface area (Å²) in [5.74, 6) is -0.607. The molecule has 0 spiro atoms. The molecule has 0 aromatic carbocycles. The minimum atomic E-state index is -0.527. The molecule has 9 heteroatoms. The summed E-state index contributed by atoms with van der Waals surface area (Å²) in [6, 6.07) is 0. The van der Waals surface area contributed by atoms with E-state index in [2.05, 4.69) is 15.5 Å². The molecule has 0 atom stereocenters. The molecule has 8 nitrogen and oxygen atoms in total. The molecule has 2 aromatic heterocycles. The van der Waals surface area contributed by atoms with Gasteiger partial charge in [0.2, 0.25) is 0 Å². The number of anilines is 1. The number of nitrogens with zero attached hydrogens (tertiary/aromatic N) is 4. The van der Waals surface area contributed by atoms with E-state index in [9.17, 15) is 9.59 Å². The number of carbonyl (C=O) groups is 2. The van der Waals surface area contributed by atoms with Gasteiger partial charge in [0.1, 0.15) is 17.1 Å². The molecule has 0 bridgehead atoms. The standard InChI is InChI=1S/C12H14IN5O3/c1-4-21-12(20)7-5-14-18(3)10(7)16-11(19)9-8(13)6-15-17(9)2/h5-6H,4H2,1-3H3,(H,16,19). The number of nitrogens with one attached hydrogen (secondary N) is 1. The van der Waals surface area contributed by atoms with Gasteiger partial charge in [0.15, 0.2) is 0 Å². The Morgan fingerprint density at radius 2 is 1.95 bits per heavy atom. The van der Waals surface area contributed by atoms with Crippen LogP contribution in [0.25, 0.3) is 0 Å². The Morgan fingerprint density at radius 1 is 1.29 bits per heavy atom. The Hall–Kier alpha value is -1.91. The van der Waals surface area contributed by atoms with Crippen LogP contribution in [0.2, 0.25) is 0 Å². The van der Waals surface area contributed by atoms with E-state index in [0.717, 1.165) is 0 Å². The van der Waals surface area contributed by atoms with Crippen molar-refractivity contribution in [2.45, 2.75) is 6.92 Å². The maximum Gasteiger partial charge on any atom is 0.343 e. The molecule has 0 unspecified atom stereocenters. The third-order valence-electron chi connectivity index (χ3n) is 2.78. The van der Waals surface area contributed by atoms with Crippen molar-refractivity contribution in [3.8, 4) is 0 Å². The van der Waals surface area contributed by atoms with Crippen LogP contribution in [-0.4, -0.2) is 38.0 Å². The van der Waals surface area contributed by atoms with Gasteiger partial charge >= 0.3 is 5.97 Å². The lowest BCUT2D eigenvalue weighted by Gasteiger charge is -2.08. The molecule has 112 valence electrons. The quantitative estimate of drug-likeness (QED) is 0.612. The van der Waals surface area contributed by atoms with Crippen LogP contribution >= 0.6 is 22.6 Å². The number of esters is 1. The lowest BCUT2D eigenvalue weighted by atomic mass is 10.3. The number of hydrogen-bond acceptors (Lipinski definition) is 5. The van der Waals surface area contributed by atoms with E-state index in [1.165, 1.54) is 15.6 Å². The third-order valence-corrected chi connectivity index (χ3v) is 3.56. The molecule has 0 aliphatic heterocycles. The van der Waals surface area contributed by atoms with Crippen LogP contribution in [-0.2, 0) is 18.8 Å². The molecule has 0 aliphatic carbocycles. The van der Waals surface area contributed by atoms with Gasteiger partial charge in [0.25, 0.3) is 5.91 Å². The maximum absolute atomic E-state index is 12.3. The minimum absolute atomic E-state index is 0.213. The van der Waals surface area contributed by atoms with E-state index < -0.39 is 5.97 Å². The van der Waals surface area contributed by atoms with Crippen molar-refractivity contribution in [3.63, 3.8) is 0 Å². The highest BCUT2D eigenvalue weighted by Gasteiger charge is 2.22. The second-order valence-electron chi connectivity index (χ2n) is 4.17. The number of rotatable bonds is 4. The molecule has 2 rings (SSSR count). The van der Waals surface area contributed by atoms with Gasteiger partial charge in [-0.3, -0.25) is 14.2 Å². The fourth-order valence-electron chi connectivity index (χ4n) is 1.78. The predicted octanol–water partition coefficient (Wildman–Crippen LogP) is 1.19. The van der Waals surface area contributed by atoms with Gasteiger partial charge in [-0.15, -0.1) is 0 Å². The summed E-state index contributed by atoms with van der Waals surface area (Å²) in [4.78, 5) is 24.2. The van der Waals surface area contributed by atoms with Crippen LogP contribution in [0.1, 0.15) is 27.8 Å². The van der Waals surface area contributed by atoms with Crippen molar-refractivity contribution < 1.29 is 14.3 Å². The summed E-state index contributed by atoms with van der Waals surface area (Å²) in [5, 5.41) is 10.7. The fraction of sp³-hybridized carbons (Fsp3) is 0.333. The molecule has 21 heavy (non-hydrogen) atoms. The summed E-state index contributed by atoms with van der Waals surface area (Å²) in [7, 11) is 3.30. The lowest BCUT2D eigenvalue weighted by molar-refractivity contribution is 0.0527. The number of halogens is 1. The summed E-state index contributed by atoms with van der Waals surface area (Å²) >= 11 is 2.02. The van der Waals surface area contributed by atoms with E-state index in [-0.39, 0.29) is 23.9 Å². The van der Waals surface area contributed by atoms with Crippen LogP contribution in [0.15, 0.2) is 12.4 Å². The second kappa shape index (κ2) is 6.24. The Balaban J connectivity index is 2.30. The van der Waals surface area contributed by atoms with Crippen molar-refractivity contribution in [1.82, 2.24) is 19.6 Å². The first-order valence-electron chi connectivity index (χ1n) is 6.13. The normalized spacial score (nSPS) is 10.5. The second-order valence-corrected chi connectivity index (χ2v) is 5.33. The molecular formula is C12H14IN5O3. The summed E-state index contributed by atoms with van der Waals surface area (Å²) < 4.78 is 8.53. The zero-order valence-electron chi connectivity index (χ0n) is 11.8. The van der Waals surface area contributed by atoms with Crippen LogP contribution < -0.4 is 5.32 Å². The first-order valence-corrected chi connectivity index (χ1v) is 7.21. The molecule has 2 heterocycles. The largest absolute Gasteiger partial charge is 0.462 e. The molecule has 0 fully saturated rings. The topological polar surface area (TPSA) is 91.0 Å². The Morgan fingerprint density at radius 3 is 2.52 bits per heavy atom. The minimum Gasteiger partial charge on any atom is -0.462 e. The van der Waals surface area contributed by atoms with Crippen molar-refractivity contribution in [2.75, 3.05) is 11.9 Å². The van der Waals surface area contributed by atoms with Gasteiger partial charge in [-0.1, -0.05) is 0 Å². The van der Waals surface area contributed by atoms with Crippen molar-refractivity contribution in [3.05, 3.63) is 27.2 Å². The van der Waals surface area contributed by atoms with Crippen LogP contribution in [0, 0.1) is 3.57 Å². The Labute approximate surface area is 134 Å². The number of aromatic nitrogens is 4. The maximum atomic E-state index is 12.3. The van der Waals surface area contributed by atoms with Gasteiger partial charge in [-0.05, 0) is 29.5 Å². The monoisotopic (exact) mass is 403 g/mol. The smallest absolute Gasteiger partial charge is 0.343 e. The van der Waals surface area contributed by atoms with E-state index in [4.69, 9.17) is 4.74 Å². The average Bonchev–Trinajstić information content (AvgIpc) is 2.94. The van der Waals surface area contributed by atoms with Crippen molar-refractivity contribution >= 4 is 40.3 Å². The number of carbonyl (C=O) groups excluding carboxylic acids is 2. The van der Waals surface area contributed by atoms with E-state index in [1.807, 2.05) is 22.6 Å². The van der Waals surface area contributed by atoms with Crippen LogP contribution in [0.5, 0.6) is 0 Å². The highest BCUT2D eigenvalue weighted by Crippen LogP contribution is 2.18. The summed E-state index contributed by atoms with van der Waals surface area (Å²) in [5.41, 5.74) is 0.622. The zero-order valence-corrected chi connectivity index (χ0v) is 13.9. The van der Waals surface area contributed by atoms with Crippen LogP contribution in [0.3, 0.4) is 0 Å². The molecule has 0 saturated carbocycles. The highest BCUT2D eigenvalue weighted by atomic mass is 127. The molecule has 1 N–H and O–H groups in total. The van der Waals surface area contributed by atoms with Gasteiger partial charge in [0, 0.05) is 14.1 Å². The van der Waals surface area contributed by atoms with Crippen molar-refractivity contribution in [1.29, 1.82) is 0 Å². The van der Waals surface area contributed by atoms with Gasteiger partial charge in [-0.2, -0.15) is 10.2 Å². The molecule has 0 aliphatic rings. The number of amides is 1. The predicted molar refractivity (Wildman–Crippen MR) is 83.0 cm³/mol. The average molecular weight is 403 g/mol. The molecule has 1 amide bonds. The Kier molecular flexibility index (Phi) is 4.60. The lowest BCUT2D eigenvalue weighted by Crippen LogP contribution is -2.21. The Bertz CT molecular complexity index is 672. The molecule has 0 radical (unpaired) electrons. The molecule has 0 saturated heterocycles. The SMILES string of the molecule is CCOC(=O)c1cnn(C)c1NC(=O)c1c(I)cnn1C. The zero-order chi connectivity index (χ0) is 15.6. The number of hydrogen-bond donors (Lipinski definition) is 1. The fourth-order valence-corrected chi connectivity index (χ4v) is 2.50. The molecule has 2 aromatic rings. The first-order chi connectivity index (χ1) is 9.95. The third kappa shape index (κ3) is 3.06. The number of ether oxygens (including phenoxy) is 1. The summed E-state index contributed by atoms with van der Waals surface area (Å²) in [6.45, 7) is 1.96. The molecular weight excluding hydrogens is 389 g/mol. The van der Waals surface area contributed by atoms with Gasteiger partial charge in [-0.25, -0.2) is 4.79 Å².